The summed E-state index contributed by atoms with van der Waals surface area (Å²) in [5, 5.41) is 12.3. The van der Waals surface area contributed by atoms with Gasteiger partial charge in [0.05, 0.1) is 18.8 Å². The van der Waals surface area contributed by atoms with Crippen LogP contribution in [-0.4, -0.2) is 36.0 Å². The molecule has 1 N–H and O–H groups in total. The first kappa shape index (κ1) is 13.4. The quantitative estimate of drug-likeness (QED) is 0.828. The predicted octanol–water partition coefficient (Wildman–Crippen LogP) is 2.49. The van der Waals surface area contributed by atoms with Crippen molar-refractivity contribution in [2.45, 2.75) is 13.3 Å². The average molecular weight is 262 g/mol. The smallest absolute Gasteiger partial charge is 0.426 e. The van der Waals surface area contributed by atoms with Crippen molar-refractivity contribution in [2.75, 3.05) is 24.8 Å². The molecule has 1 amide bonds. The van der Waals surface area contributed by atoms with Gasteiger partial charge in [-0.1, -0.05) is 24.3 Å². The first-order valence-corrected chi connectivity index (χ1v) is 6.36. The van der Waals surface area contributed by atoms with E-state index in [-0.39, 0.29) is 0 Å². The first-order valence-electron chi connectivity index (χ1n) is 6.36. The Balaban J connectivity index is 2.19. The van der Waals surface area contributed by atoms with Crippen LogP contribution in [0.2, 0.25) is 0 Å². The van der Waals surface area contributed by atoms with Crippen molar-refractivity contribution < 1.29 is 14.6 Å². The Hall–Kier alpha value is -2.01. The topological polar surface area (TPSA) is 53.0 Å². The summed E-state index contributed by atoms with van der Waals surface area (Å²) >= 11 is 0. The fraction of sp³-hybridized carbons (Fsp3) is 0.357. The highest BCUT2D eigenvalue weighted by molar-refractivity contribution is 5.71. The number of hydrogen-bond acceptors (Lipinski definition) is 3. The summed E-state index contributed by atoms with van der Waals surface area (Å²) < 4.78 is 5.24. The van der Waals surface area contributed by atoms with Gasteiger partial charge in [0, 0.05) is 12.8 Å². The van der Waals surface area contributed by atoms with Crippen LogP contribution in [0.15, 0.2) is 36.5 Å². The number of para-hydroxylation sites is 1. The summed E-state index contributed by atoms with van der Waals surface area (Å²) in [6, 6.07) is 7.80. The minimum Gasteiger partial charge on any atom is -0.464 e. The molecule has 0 saturated carbocycles. The molecule has 5 nitrogen and oxygen atoms in total. The first-order chi connectivity index (χ1) is 9.24. The van der Waals surface area contributed by atoms with Gasteiger partial charge in [-0.15, -0.1) is 0 Å². The van der Waals surface area contributed by atoms with Crippen molar-refractivity contribution >= 4 is 11.8 Å². The van der Waals surface area contributed by atoms with Crippen molar-refractivity contribution in [1.29, 1.82) is 0 Å². The monoisotopic (exact) mass is 262 g/mol. The lowest BCUT2D eigenvalue weighted by molar-refractivity contribution is 0.0999. The lowest BCUT2D eigenvalue weighted by Crippen LogP contribution is -2.45. The Morgan fingerprint density at radius 3 is 3.00 bits per heavy atom. The number of hydrazine groups is 1. The zero-order valence-corrected chi connectivity index (χ0v) is 11.0. The largest absolute Gasteiger partial charge is 0.464 e. The molecule has 0 aliphatic carbocycles. The van der Waals surface area contributed by atoms with E-state index in [0.29, 0.717) is 19.8 Å². The molecule has 5 heteroatoms. The fourth-order valence-corrected chi connectivity index (χ4v) is 2.07. The molecule has 0 radical (unpaired) electrons. The lowest BCUT2D eigenvalue weighted by Gasteiger charge is -2.34. The van der Waals surface area contributed by atoms with Gasteiger partial charge in [-0.2, -0.15) is 0 Å². The average Bonchev–Trinajstić information content (AvgIpc) is 2.43. The van der Waals surface area contributed by atoms with Gasteiger partial charge >= 0.3 is 6.09 Å². The van der Waals surface area contributed by atoms with Crippen LogP contribution in [0, 0.1) is 0 Å². The number of benzene rings is 1. The van der Waals surface area contributed by atoms with Gasteiger partial charge in [0.15, 0.2) is 0 Å². The Labute approximate surface area is 112 Å². The standard InChI is InChI=1S/C14H18N2O3/c1-2-19-11-10-16(14(17)18)15-9-5-7-12-6-3-4-8-13(12)15/h3-6,8-9H,2,7,10-11H2,1H3,(H,17,18). The van der Waals surface area contributed by atoms with E-state index in [0.717, 1.165) is 17.7 Å². The molecule has 0 aromatic heterocycles. The second-order valence-corrected chi connectivity index (χ2v) is 4.16. The summed E-state index contributed by atoms with van der Waals surface area (Å²) in [5.74, 6) is 0. The Bertz CT molecular complexity index is 474. The zero-order valence-electron chi connectivity index (χ0n) is 11.0. The summed E-state index contributed by atoms with van der Waals surface area (Å²) in [5.41, 5.74) is 2.02. The van der Waals surface area contributed by atoms with Crippen molar-refractivity contribution in [3.8, 4) is 0 Å². The number of nitrogens with zero attached hydrogens (tertiary/aromatic N) is 2. The van der Waals surface area contributed by atoms with Crippen LogP contribution in [0.4, 0.5) is 10.5 Å². The molecule has 0 saturated heterocycles. The Kier molecular flexibility index (Phi) is 4.41. The van der Waals surface area contributed by atoms with E-state index in [1.54, 1.807) is 11.2 Å². The van der Waals surface area contributed by atoms with Gasteiger partial charge in [-0.25, -0.2) is 9.80 Å². The molecule has 1 aliphatic rings. The third-order valence-corrected chi connectivity index (χ3v) is 2.96. The second-order valence-electron chi connectivity index (χ2n) is 4.16. The van der Waals surface area contributed by atoms with Crippen LogP contribution < -0.4 is 5.01 Å². The molecule has 0 unspecified atom stereocenters. The van der Waals surface area contributed by atoms with Crippen LogP contribution in [0.3, 0.4) is 0 Å². The number of anilines is 1. The van der Waals surface area contributed by atoms with E-state index >= 15 is 0 Å². The van der Waals surface area contributed by atoms with Crippen LogP contribution in [0.1, 0.15) is 12.5 Å². The maximum Gasteiger partial charge on any atom is 0.426 e. The molecule has 1 aromatic carbocycles. The number of carboxylic acid groups (broad SMARTS) is 1. The summed E-state index contributed by atoms with van der Waals surface area (Å²) in [6.45, 7) is 3.16. The highest BCUT2D eigenvalue weighted by Gasteiger charge is 2.22. The minimum atomic E-state index is -0.985. The summed E-state index contributed by atoms with van der Waals surface area (Å²) in [7, 11) is 0. The van der Waals surface area contributed by atoms with Gasteiger partial charge in [-0.3, -0.25) is 5.01 Å². The molecule has 0 fully saturated rings. The lowest BCUT2D eigenvalue weighted by atomic mass is 10.1. The molecule has 0 atom stereocenters. The van der Waals surface area contributed by atoms with Crippen molar-refractivity contribution in [3.05, 3.63) is 42.1 Å². The van der Waals surface area contributed by atoms with E-state index in [2.05, 4.69) is 0 Å². The van der Waals surface area contributed by atoms with E-state index in [1.165, 1.54) is 5.01 Å². The molecule has 1 aliphatic heterocycles. The maximum absolute atomic E-state index is 11.4. The number of rotatable bonds is 5. The molecule has 1 aromatic rings. The SMILES string of the molecule is CCOCCN(C(=O)O)N1C=CCc2ccccc21. The van der Waals surface area contributed by atoms with Gasteiger partial charge < -0.3 is 9.84 Å². The Morgan fingerprint density at radius 2 is 2.26 bits per heavy atom. The normalized spacial score (nSPS) is 13.2. The molecule has 1 heterocycles. The van der Waals surface area contributed by atoms with Gasteiger partial charge in [0.2, 0.25) is 0 Å². The van der Waals surface area contributed by atoms with Gasteiger partial charge in [-0.05, 0) is 25.0 Å². The van der Waals surface area contributed by atoms with Crippen molar-refractivity contribution in [2.24, 2.45) is 0 Å². The van der Waals surface area contributed by atoms with Gasteiger partial charge in [0.1, 0.15) is 0 Å². The second kappa shape index (κ2) is 6.24. The number of fused-ring (bicyclic) bond motifs is 1. The number of ether oxygens (including phenoxy) is 1. The molecule has 0 bridgehead atoms. The van der Waals surface area contributed by atoms with Crippen molar-refractivity contribution in [3.63, 3.8) is 0 Å². The van der Waals surface area contributed by atoms with E-state index in [4.69, 9.17) is 4.74 Å². The highest BCUT2D eigenvalue weighted by atomic mass is 16.5. The minimum absolute atomic E-state index is 0.307. The third kappa shape index (κ3) is 3.06. The number of carbonyl (C=O) groups is 1. The summed E-state index contributed by atoms with van der Waals surface area (Å²) in [6.07, 6.45) is 3.59. The van der Waals surface area contributed by atoms with E-state index in [1.807, 2.05) is 37.3 Å². The van der Waals surface area contributed by atoms with Crippen LogP contribution in [0.5, 0.6) is 0 Å². The summed E-state index contributed by atoms with van der Waals surface area (Å²) in [4.78, 5) is 11.4. The molecular weight excluding hydrogens is 244 g/mol. The van der Waals surface area contributed by atoms with E-state index < -0.39 is 6.09 Å². The number of amides is 1. The third-order valence-electron chi connectivity index (χ3n) is 2.96. The van der Waals surface area contributed by atoms with Crippen LogP contribution in [-0.2, 0) is 11.2 Å². The molecule has 2 rings (SSSR count). The maximum atomic E-state index is 11.4. The number of allylic oxidation sites excluding steroid dienone is 1. The highest BCUT2D eigenvalue weighted by Crippen LogP contribution is 2.26. The van der Waals surface area contributed by atoms with Crippen LogP contribution in [0.25, 0.3) is 0 Å². The number of hydrogen-bond donors (Lipinski definition) is 1. The van der Waals surface area contributed by atoms with Gasteiger partial charge in [0.25, 0.3) is 0 Å². The fourth-order valence-electron chi connectivity index (χ4n) is 2.07. The van der Waals surface area contributed by atoms with Crippen LogP contribution >= 0.6 is 0 Å². The molecular formula is C14H18N2O3. The van der Waals surface area contributed by atoms with E-state index in [9.17, 15) is 9.90 Å². The molecule has 0 spiro atoms. The molecule has 102 valence electrons. The Morgan fingerprint density at radius 1 is 1.47 bits per heavy atom. The predicted molar refractivity (Wildman–Crippen MR) is 73.0 cm³/mol. The molecule has 19 heavy (non-hydrogen) atoms. The zero-order chi connectivity index (χ0) is 13.7. The van der Waals surface area contributed by atoms with Crippen molar-refractivity contribution in [1.82, 2.24) is 5.01 Å².